The van der Waals surface area contributed by atoms with Crippen molar-refractivity contribution in [3.63, 3.8) is 0 Å². The summed E-state index contributed by atoms with van der Waals surface area (Å²) in [5, 5.41) is 1.67. The highest BCUT2D eigenvalue weighted by atomic mass is 32.2. The van der Waals surface area contributed by atoms with Crippen molar-refractivity contribution in [2.45, 2.75) is 78.7 Å². The predicted octanol–water partition coefficient (Wildman–Crippen LogP) is 5.86. The minimum atomic E-state index is 0.805. The molecule has 0 spiro atoms. The fraction of sp³-hybridized carbons (Fsp3) is 1.00. The van der Waals surface area contributed by atoms with E-state index < -0.39 is 0 Å². The second kappa shape index (κ2) is 8.45. The van der Waals surface area contributed by atoms with Crippen molar-refractivity contribution < 1.29 is 0 Å². The third kappa shape index (κ3) is 5.68. The summed E-state index contributed by atoms with van der Waals surface area (Å²) in [4.78, 5) is 0. The molecule has 0 aromatic heterocycles. The third-order valence-corrected chi connectivity index (χ3v) is 6.65. The first-order chi connectivity index (χ1) is 7.84. The Balaban J connectivity index is 4.51. The van der Waals surface area contributed by atoms with E-state index in [9.17, 15) is 0 Å². The van der Waals surface area contributed by atoms with Gasteiger partial charge in [-0.05, 0) is 36.5 Å². The highest BCUT2D eigenvalue weighted by Gasteiger charge is 2.26. The van der Waals surface area contributed by atoms with Gasteiger partial charge < -0.3 is 0 Å². The van der Waals surface area contributed by atoms with Crippen LogP contribution in [0.4, 0.5) is 0 Å². The fourth-order valence-electron chi connectivity index (χ4n) is 2.27. The average molecular weight is 259 g/mol. The molecule has 4 atom stereocenters. The molecule has 0 amide bonds. The van der Waals surface area contributed by atoms with Gasteiger partial charge in [0.15, 0.2) is 0 Å². The van der Waals surface area contributed by atoms with E-state index in [1.807, 2.05) is 0 Å². The molecule has 0 aliphatic rings. The molecule has 0 bridgehead atoms. The van der Waals surface area contributed by atoms with E-state index in [2.05, 4.69) is 67.2 Å². The molecular weight excluding hydrogens is 224 g/mol. The Morgan fingerprint density at radius 2 is 0.941 bits per heavy atom. The molecule has 0 saturated carbocycles. The van der Waals surface area contributed by atoms with Gasteiger partial charge in [0.1, 0.15) is 0 Å². The van der Waals surface area contributed by atoms with Crippen LogP contribution in [0.2, 0.25) is 0 Å². The summed E-state index contributed by atoms with van der Waals surface area (Å²) in [6.45, 7) is 19.0. The lowest BCUT2D eigenvalue weighted by Gasteiger charge is -2.33. The van der Waals surface area contributed by atoms with Gasteiger partial charge in [-0.3, -0.25) is 0 Å². The van der Waals surface area contributed by atoms with E-state index in [1.165, 1.54) is 12.8 Å². The molecule has 0 radical (unpaired) electrons. The lowest BCUT2D eigenvalue weighted by molar-refractivity contribution is 0.381. The van der Waals surface area contributed by atoms with Crippen molar-refractivity contribution in [2.24, 2.45) is 23.7 Å². The Hall–Kier alpha value is 0.350. The smallest absolute Gasteiger partial charge is 0.00753 e. The maximum Gasteiger partial charge on any atom is 0.00753 e. The second-order valence-corrected chi connectivity index (χ2v) is 7.72. The van der Waals surface area contributed by atoms with Crippen LogP contribution in [-0.2, 0) is 0 Å². The molecule has 4 unspecified atom stereocenters. The predicted molar refractivity (Wildman–Crippen MR) is 83.8 cm³/mol. The quantitative estimate of drug-likeness (QED) is 0.525. The Morgan fingerprint density at radius 3 is 1.12 bits per heavy atom. The van der Waals surface area contributed by atoms with Gasteiger partial charge >= 0.3 is 0 Å². The van der Waals surface area contributed by atoms with E-state index in [0.29, 0.717) is 0 Å². The molecule has 17 heavy (non-hydrogen) atoms. The molecule has 0 nitrogen and oxygen atoms in total. The van der Waals surface area contributed by atoms with E-state index in [1.54, 1.807) is 0 Å². The SMILES string of the molecule is CCC(SC(CC)C(C)C(C)C)C(C)C(C)C. The summed E-state index contributed by atoms with van der Waals surface area (Å²) in [7, 11) is 0. The van der Waals surface area contributed by atoms with Gasteiger partial charge in [0.25, 0.3) is 0 Å². The zero-order valence-corrected chi connectivity index (χ0v) is 14.1. The number of rotatable bonds is 8. The van der Waals surface area contributed by atoms with Gasteiger partial charge in [-0.15, -0.1) is 0 Å². The fourth-order valence-corrected chi connectivity index (χ4v) is 4.23. The molecule has 0 aliphatic carbocycles. The first-order valence-corrected chi connectivity index (χ1v) is 8.44. The van der Waals surface area contributed by atoms with Gasteiger partial charge in [-0.2, -0.15) is 11.8 Å². The molecule has 0 heterocycles. The van der Waals surface area contributed by atoms with Crippen molar-refractivity contribution in [3.05, 3.63) is 0 Å². The van der Waals surface area contributed by atoms with Crippen LogP contribution in [0, 0.1) is 23.7 Å². The van der Waals surface area contributed by atoms with Crippen LogP contribution in [0.15, 0.2) is 0 Å². The maximum atomic E-state index is 2.43. The number of thioether (sulfide) groups is 1. The Morgan fingerprint density at radius 1 is 0.647 bits per heavy atom. The van der Waals surface area contributed by atoms with Crippen molar-refractivity contribution in [1.82, 2.24) is 0 Å². The topological polar surface area (TPSA) is 0 Å². The molecule has 1 heteroatoms. The monoisotopic (exact) mass is 258 g/mol. The lowest BCUT2D eigenvalue weighted by atomic mass is 9.92. The van der Waals surface area contributed by atoms with Crippen LogP contribution < -0.4 is 0 Å². The van der Waals surface area contributed by atoms with Crippen LogP contribution in [-0.4, -0.2) is 10.5 Å². The van der Waals surface area contributed by atoms with E-state index in [-0.39, 0.29) is 0 Å². The van der Waals surface area contributed by atoms with Gasteiger partial charge in [-0.1, -0.05) is 55.4 Å². The molecule has 0 saturated heterocycles. The standard InChI is InChI=1S/C16H34S/c1-9-15(13(7)11(3)4)17-16(10-2)14(8)12(5)6/h11-16H,9-10H2,1-8H3. The summed E-state index contributed by atoms with van der Waals surface area (Å²) in [6.07, 6.45) is 2.62. The summed E-state index contributed by atoms with van der Waals surface area (Å²) >= 11 is 2.26. The Bertz CT molecular complexity index is 166. The van der Waals surface area contributed by atoms with Gasteiger partial charge in [-0.25, -0.2) is 0 Å². The first kappa shape index (κ1) is 17.4. The minimum Gasteiger partial charge on any atom is -0.155 e. The average Bonchev–Trinajstić information content (AvgIpc) is 2.28. The van der Waals surface area contributed by atoms with Crippen LogP contribution in [0.5, 0.6) is 0 Å². The van der Waals surface area contributed by atoms with E-state index >= 15 is 0 Å². The molecule has 104 valence electrons. The molecule has 0 aliphatic heterocycles. The third-order valence-electron chi connectivity index (χ3n) is 4.43. The molecule has 0 N–H and O–H groups in total. The van der Waals surface area contributed by atoms with Crippen LogP contribution in [0.1, 0.15) is 68.2 Å². The zero-order valence-electron chi connectivity index (χ0n) is 13.3. The summed E-state index contributed by atoms with van der Waals surface area (Å²) in [5.74, 6) is 3.27. The normalized spacial score (nSPS) is 19.4. The summed E-state index contributed by atoms with van der Waals surface area (Å²) in [5.41, 5.74) is 0. The second-order valence-electron chi connectivity index (χ2n) is 6.24. The minimum absolute atomic E-state index is 0.805. The molecule has 0 aromatic carbocycles. The van der Waals surface area contributed by atoms with Gasteiger partial charge in [0.05, 0.1) is 0 Å². The summed E-state index contributed by atoms with van der Waals surface area (Å²) in [6, 6.07) is 0. The van der Waals surface area contributed by atoms with Gasteiger partial charge in [0, 0.05) is 10.5 Å². The van der Waals surface area contributed by atoms with Gasteiger partial charge in [0.2, 0.25) is 0 Å². The first-order valence-electron chi connectivity index (χ1n) is 7.50. The van der Waals surface area contributed by atoms with E-state index in [4.69, 9.17) is 0 Å². The van der Waals surface area contributed by atoms with Crippen LogP contribution in [0.25, 0.3) is 0 Å². The van der Waals surface area contributed by atoms with Crippen LogP contribution in [0.3, 0.4) is 0 Å². The number of hydrogen-bond donors (Lipinski definition) is 0. The maximum absolute atomic E-state index is 2.43. The van der Waals surface area contributed by atoms with Crippen molar-refractivity contribution >= 4 is 11.8 Å². The Labute approximate surface area is 114 Å². The van der Waals surface area contributed by atoms with Crippen molar-refractivity contribution in [1.29, 1.82) is 0 Å². The van der Waals surface area contributed by atoms with Crippen molar-refractivity contribution in [2.75, 3.05) is 0 Å². The molecular formula is C16H34S. The van der Waals surface area contributed by atoms with Crippen LogP contribution >= 0.6 is 11.8 Å². The summed E-state index contributed by atoms with van der Waals surface area (Å²) < 4.78 is 0. The highest BCUT2D eigenvalue weighted by Crippen LogP contribution is 2.37. The van der Waals surface area contributed by atoms with Crippen molar-refractivity contribution in [3.8, 4) is 0 Å². The lowest BCUT2D eigenvalue weighted by Crippen LogP contribution is -2.26. The highest BCUT2D eigenvalue weighted by molar-refractivity contribution is 8.00. The largest absolute Gasteiger partial charge is 0.155 e. The molecule has 0 fully saturated rings. The van der Waals surface area contributed by atoms with E-state index in [0.717, 1.165) is 34.2 Å². The molecule has 0 rings (SSSR count). The Kier molecular flexibility index (Phi) is 8.63. The zero-order chi connectivity index (χ0) is 13.6. The molecule has 0 aromatic rings. The number of hydrogen-bond acceptors (Lipinski definition) is 1.